The number of aromatic nitrogens is 2. The van der Waals surface area contributed by atoms with E-state index in [1.807, 2.05) is 4.90 Å². The molecule has 1 fully saturated rings. The van der Waals surface area contributed by atoms with Gasteiger partial charge in [0.05, 0.1) is 0 Å². The Kier molecular flexibility index (Phi) is 4.18. The molecule has 0 bridgehead atoms. The van der Waals surface area contributed by atoms with Crippen molar-refractivity contribution in [3.63, 3.8) is 0 Å². The highest BCUT2D eigenvalue weighted by molar-refractivity contribution is 5.51. The van der Waals surface area contributed by atoms with Crippen LogP contribution in [-0.4, -0.2) is 36.1 Å². The van der Waals surface area contributed by atoms with Crippen molar-refractivity contribution >= 4 is 11.5 Å². The molecule has 1 aromatic heterocycles. The average molecular weight is 304 g/mol. The van der Waals surface area contributed by atoms with E-state index in [4.69, 9.17) is 0 Å². The third kappa shape index (κ3) is 3.16. The van der Waals surface area contributed by atoms with E-state index in [2.05, 4.69) is 46.1 Å². The van der Waals surface area contributed by atoms with Crippen molar-refractivity contribution in [3.05, 3.63) is 47.9 Å². The zero-order chi connectivity index (χ0) is 15.5. The summed E-state index contributed by atoms with van der Waals surface area (Å²) in [5.41, 5.74) is 2.22. The van der Waals surface area contributed by atoms with Crippen LogP contribution in [0.15, 0.2) is 36.7 Å². The molecule has 0 amide bonds. The maximum absolute atomic E-state index is 12.7. The molecule has 3 rings (SSSR count). The maximum Gasteiger partial charge on any atom is 0.280 e. The van der Waals surface area contributed by atoms with E-state index in [0.717, 1.165) is 26.2 Å². The van der Waals surface area contributed by atoms with Crippen LogP contribution in [0.4, 0.5) is 20.3 Å². The van der Waals surface area contributed by atoms with Gasteiger partial charge in [-0.25, -0.2) is 18.7 Å². The first-order valence-electron chi connectivity index (χ1n) is 7.30. The van der Waals surface area contributed by atoms with Gasteiger partial charge in [-0.15, -0.1) is 0 Å². The summed E-state index contributed by atoms with van der Waals surface area (Å²) in [4.78, 5) is 12.1. The van der Waals surface area contributed by atoms with E-state index in [0.29, 0.717) is 5.82 Å². The Bertz CT molecular complexity index is 640. The minimum atomic E-state index is -2.56. The molecule has 1 saturated heterocycles. The van der Waals surface area contributed by atoms with Gasteiger partial charge in [0.2, 0.25) is 0 Å². The summed E-state index contributed by atoms with van der Waals surface area (Å²) in [5.74, 6) is 0.578. The lowest BCUT2D eigenvalue weighted by Crippen LogP contribution is -2.46. The molecular formula is C16H18F2N4. The number of benzene rings is 1. The molecule has 2 heterocycles. The van der Waals surface area contributed by atoms with Crippen LogP contribution < -0.4 is 9.80 Å². The van der Waals surface area contributed by atoms with E-state index in [1.165, 1.54) is 23.6 Å². The van der Waals surface area contributed by atoms with Gasteiger partial charge < -0.3 is 9.80 Å². The van der Waals surface area contributed by atoms with Crippen molar-refractivity contribution in [1.82, 2.24) is 9.97 Å². The van der Waals surface area contributed by atoms with Gasteiger partial charge in [0.25, 0.3) is 6.43 Å². The third-order valence-electron chi connectivity index (χ3n) is 3.87. The number of hydrogen-bond donors (Lipinski definition) is 0. The Morgan fingerprint density at radius 3 is 2.41 bits per heavy atom. The van der Waals surface area contributed by atoms with Crippen LogP contribution in [0.1, 0.15) is 17.7 Å². The van der Waals surface area contributed by atoms with Gasteiger partial charge in [-0.05, 0) is 24.6 Å². The topological polar surface area (TPSA) is 32.3 Å². The second-order valence-electron chi connectivity index (χ2n) is 5.41. The summed E-state index contributed by atoms with van der Waals surface area (Å²) >= 11 is 0. The fraction of sp³-hybridized carbons (Fsp3) is 0.375. The number of alkyl halides is 2. The SMILES string of the molecule is Cc1cccc(N2CCN(c3cc(C(F)F)ncn3)CC2)c1. The van der Waals surface area contributed by atoms with Crippen molar-refractivity contribution in [3.8, 4) is 0 Å². The molecule has 0 atom stereocenters. The first-order valence-corrected chi connectivity index (χ1v) is 7.30. The summed E-state index contributed by atoms with van der Waals surface area (Å²) in [6, 6.07) is 9.77. The Balaban J connectivity index is 1.68. The van der Waals surface area contributed by atoms with Crippen molar-refractivity contribution in [2.45, 2.75) is 13.3 Å². The van der Waals surface area contributed by atoms with Crippen LogP contribution in [0.2, 0.25) is 0 Å². The van der Waals surface area contributed by atoms with Crippen molar-refractivity contribution in [1.29, 1.82) is 0 Å². The Morgan fingerprint density at radius 1 is 1.00 bits per heavy atom. The highest BCUT2D eigenvalue weighted by atomic mass is 19.3. The summed E-state index contributed by atoms with van der Waals surface area (Å²) in [5, 5.41) is 0. The number of rotatable bonds is 3. The number of hydrogen-bond acceptors (Lipinski definition) is 4. The zero-order valence-corrected chi connectivity index (χ0v) is 12.4. The largest absolute Gasteiger partial charge is 0.368 e. The van der Waals surface area contributed by atoms with Gasteiger partial charge >= 0.3 is 0 Å². The molecule has 22 heavy (non-hydrogen) atoms. The summed E-state index contributed by atoms with van der Waals surface area (Å²) in [6.45, 7) is 5.28. The fourth-order valence-electron chi connectivity index (χ4n) is 2.67. The molecule has 0 aliphatic carbocycles. The van der Waals surface area contributed by atoms with Gasteiger partial charge in [-0.3, -0.25) is 0 Å². The quantitative estimate of drug-likeness (QED) is 0.872. The van der Waals surface area contributed by atoms with Crippen LogP contribution in [0.3, 0.4) is 0 Å². The van der Waals surface area contributed by atoms with E-state index in [-0.39, 0.29) is 5.69 Å². The minimum absolute atomic E-state index is 0.217. The van der Waals surface area contributed by atoms with Crippen molar-refractivity contribution in [2.24, 2.45) is 0 Å². The van der Waals surface area contributed by atoms with E-state index in [1.54, 1.807) is 0 Å². The monoisotopic (exact) mass is 304 g/mol. The number of aryl methyl sites for hydroxylation is 1. The molecule has 0 unspecified atom stereocenters. The maximum atomic E-state index is 12.7. The zero-order valence-electron chi connectivity index (χ0n) is 12.4. The molecule has 1 aromatic carbocycles. The summed E-state index contributed by atoms with van der Waals surface area (Å²) in [6.07, 6.45) is -1.35. The smallest absolute Gasteiger partial charge is 0.280 e. The molecular weight excluding hydrogens is 286 g/mol. The van der Waals surface area contributed by atoms with Crippen LogP contribution >= 0.6 is 0 Å². The van der Waals surface area contributed by atoms with E-state index >= 15 is 0 Å². The molecule has 4 nitrogen and oxygen atoms in total. The number of anilines is 2. The van der Waals surface area contributed by atoms with Crippen LogP contribution in [-0.2, 0) is 0 Å². The normalized spacial score (nSPS) is 15.5. The first-order chi connectivity index (χ1) is 10.6. The van der Waals surface area contributed by atoms with E-state index < -0.39 is 6.43 Å². The highest BCUT2D eigenvalue weighted by Crippen LogP contribution is 2.23. The van der Waals surface area contributed by atoms with Gasteiger partial charge in [0.15, 0.2) is 0 Å². The fourth-order valence-corrected chi connectivity index (χ4v) is 2.67. The second kappa shape index (κ2) is 6.25. The molecule has 116 valence electrons. The predicted molar refractivity (Wildman–Crippen MR) is 82.6 cm³/mol. The highest BCUT2D eigenvalue weighted by Gasteiger charge is 2.20. The third-order valence-corrected chi connectivity index (χ3v) is 3.87. The minimum Gasteiger partial charge on any atom is -0.368 e. The van der Waals surface area contributed by atoms with Crippen LogP contribution in [0.25, 0.3) is 0 Å². The lowest BCUT2D eigenvalue weighted by Gasteiger charge is -2.36. The lowest BCUT2D eigenvalue weighted by atomic mass is 10.2. The Hall–Kier alpha value is -2.24. The number of halogens is 2. The molecule has 0 radical (unpaired) electrons. The van der Waals surface area contributed by atoms with Gasteiger partial charge in [-0.2, -0.15) is 0 Å². The molecule has 0 N–H and O–H groups in total. The molecule has 0 saturated carbocycles. The summed E-state index contributed by atoms with van der Waals surface area (Å²) < 4.78 is 25.4. The molecule has 2 aromatic rings. The number of piperazine rings is 1. The Morgan fingerprint density at radius 2 is 1.73 bits per heavy atom. The van der Waals surface area contributed by atoms with Crippen LogP contribution in [0, 0.1) is 6.92 Å². The number of nitrogens with zero attached hydrogens (tertiary/aromatic N) is 4. The van der Waals surface area contributed by atoms with Gasteiger partial charge in [-0.1, -0.05) is 12.1 Å². The lowest BCUT2D eigenvalue weighted by molar-refractivity contribution is 0.146. The molecule has 0 spiro atoms. The van der Waals surface area contributed by atoms with Gasteiger partial charge in [0, 0.05) is 37.9 Å². The molecule has 6 heteroatoms. The average Bonchev–Trinajstić information content (AvgIpc) is 2.55. The Labute approximate surface area is 128 Å². The first kappa shape index (κ1) is 14.7. The van der Waals surface area contributed by atoms with Crippen molar-refractivity contribution in [2.75, 3.05) is 36.0 Å². The van der Waals surface area contributed by atoms with Gasteiger partial charge in [0.1, 0.15) is 17.8 Å². The molecule has 1 aliphatic heterocycles. The predicted octanol–water partition coefficient (Wildman–Crippen LogP) is 3.05. The van der Waals surface area contributed by atoms with Crippen molar-refractivity contribution < 1.29 is 8.78 Å². The summed E-state index contributed by atoms with van der Waals surface area (Å²) in [7, 11) is 0. The second-order valence-corrected chi connectivity index (χ2v) is 5.41. The van der Waals surface area contributed by atoms with Crippen LogP contribution in [0.5, 0.6) is 0 Å². The van der Waals surface area contributed by atoms with E-state index in [9.17, 15) is 8.78 Å². The standard InChI is InChI=1S/C16H18F2N4/c1-12-3-2-4-13(9-12)21-5-7-22(8-6-21)15-10-14(16(17)18)19-11-20-15/h2-4,9-11,16H,5-8H2,1H3. The molecule has 1 aliphatic rings.